The Morgan fingerprint density at radius 3 is 1.92 bits per heavy atom. The monoisotopic (exact) mass is 814 g/mol. The van der Waals surface area contributed by atoms with E-state index in [2.05, 4.69) is 209 Å². The van der Waals surface area contributed by atoms with Gasteiger partial charge in [-0.1, -0.05) is 155 Å². The van der Waals surface area contributed by atoms with Crippen LogP contribution < -0.4 is 21.1 Å². The molecule has 0 atom stereocenters. The minimum atomic E-state index is -0.549. The summed E-state index contributed by atoms with van der Waals surface area (Å²) >= 11 is 2.00. The predicted molar refractivity (Wildman–Crippen MR) is 265 cm³/mol. The van der Waals surface area contributed by atoms with Crippen molar-refractivity contribution in [2.24, 2.45) is 0 Å². The minimum absolute atomic E-state index is 0.0687. The molecule has 4 heteroatoms. The predicted octanol–water partition coefficient (Wildman–Crippen LogP) is 14.1. The van der Waals surface area contributed by atoms with E-state index in [1.807, 2.05) is 11.3 Å². The molecule has 4 aliphatic rings. The molecule has 1 N–H and O–H groups in total. The fraction of sp³-hybridized carbons (Fsp3) is 0.172. The number of nitrogens with one attached hydrogen (secondary N) is 1. The molecule has 0 radical (unpaired) electrons. The van der Waals surface area contributed by atoms with Crippen LogP contribution in [0.3, 0.4) is 0 Å². The van der Waals surface area contributed by atoms with Gasteiger partial charge < -0.3 is 10.1 Å². The Bertz CT molecular complexity index is 3320. The maximum absolute atomic E-state index is 4.11. The number of thiophene rings is 1. The zero-order valence-corrected chi connectivity index (χ0v) is 36.8. The van der Waals surface area contributed by atoms with E-state index in [0.717, 1.165) is 0 Å². The summed E-state index contributed by atoms with van der Waals surface area (Å²) in [5.41, 5.74) is 22.0. The molecule has 62 heavy (non-hydrogen) atoms. The minimum Gasteiger partial charge on any atom is -0.376 e. The van der Waals surface area contributed by atoms with Gasteiger partial charge in [0.05, 0.1) is 5.41 Å². The SMILES string of the molecule is Cc1ccccc1-c1cc2c3c(c1)-c1cccc4c1N(B3c1c(ccc3c1sc1cc5c(cc13)C(C)(C)CCC5(C)C)N2)c1ccccc1C4(c1ccccc1)c1ccccc1. The highest BCUT2D eigenvalue weighted by Crippen LogP contribution is 2.60. The molecule has 0 spiro atoms. The maximum Gasteiger partial charge on any atom is 0.334 e. The second-order valence-corrected chi connectivity index (χ2v) is 20.6. The Morgan fingerprint density at radius 1 is 0.532 bits per heavy atom. The first-order valence-electron chi connectivity index (χ1n) is 22.3. The summed E-state index contributed by atoms with van der Waals surface area (Å²) in [6.45, 7) is 12.0. The van der Waals surface area contributed by atoms with Gasteiger partial charge in [0.2, 0.25) is 0 Å². The highest BCUT2D eigenvalue weighted by Gasteiger charge is 2.53. The van der Waals surface area contributed by atoms with Crippen LogP contribution in [0.2, 0.25) is 0 Å². The fourth-order valence-corrected chi connectivity index (χ4v) is 13.5. The molecule has 0 fully saturated rings. The van der Waals surface area contributed by atoms with E-state index in [9.17, 15) is 0 Å². The van der Waals surface area contributed by atoms with Crippen LogP contribution in [0.4, 0.5) is 22.7 Å². The number of aryl methyl sites for hydroxylation is 1. The third kappa shape index (κ3) is 4.71. The Kier molecular flexibility index (Phi) is 7.39. The van der Waals surface area contributed by atoms with Crippen molar-refractivity contribution in [3.63, 3.8) is 0 Å². The molecule has 13 rings (SSSR count). The summed E-state index contributed by atoms with van der Waals surface area (Å²) in [7, 11) is 0. The Balaban J connectivity index is 1.17. The first-order chi connectivity index (χ1) is 30.1. The number of benzene rings is 8. The number of nitrogens with zero attached hydrogens (tertiary/aromatic N) is 1. The topological polar surface area (TPSA) is 15.3 Å². The lowest BCUT2D eigenvalue weighted by molar-refractivity contribution is 0.332. The smallest absolute Gasteiger partial charge is 0.334 e. The first-order valence-corrected chi connectivity index (χ1v) is 23.2. The van der Waals surface area contributed by atoms with Crippen molar-refractivity contribution in [1.82, 2.24) is 0 Å². The Labute approximate surface area is 369 Å². The van der Waals surface area contributed by atoms with Gasteiger partial charge in [-0.3, -0.25) is 0 Å². The first kappa shape index (κ1) is 36.3. The number of hydrogen-bond donors (Lipinski definition) is 1. The van der Waals surface area contributed by atoms with Gasteiger partial charge in [-0.15, -0.1) is 11.3 Å². The summed E-state index contributed by atoms with van der Waals surface area (Å²) in [5, 5.41) is 6.86. The molecule has 9 aromatic rings. The fourth-order valence-electron chi connectivity index (χ4n) is 12.2. The van der Waals surface area contributed by atoms with Crippen LogP contribution in [0.5, 0.6) is 0 Å². The Hall–Kier alpha value is -6.36. The third-order valence-corrected chi connectivity index (χ3v) is 16.5. The van der Waals surface area contributed by atoms with Gasteiger partial charge >= 0.3 is 6.85 Å². The van der Waals surface area contributed by atoms with Crippen LogP contribution >= 0.6 is 11.3 Å². The van der Waals surface area contributed by atoms with E-state index in [-0.39, 0.29) is 17.7 Å². The van der Waals surface area contributed by atoms with Crippen LogP contribution in [0.15, 0.2) is 164 Å². The molecule has 1 aromatic heterocycles. The Morgan fingerprint density at radius 2 is 1.18 bits per heavy atom. The maximum atomic E-state index is 4.11. The zero-order chi connectivity index (χ0) is 41.7. The van der Waals surface area contributed by atoms with Crippen molar-refractivity contribution in [3.8, 4) is 22.3 Å². The molecule has 3 aliphatic heterocycles. The number of fused-ring (bicyclic) bond motifs is 11. The number of anilines is 4. The standard InChI is InChI=1S/C58H47BN2S/c1-35-17-12-13-22-39(35)36-31-43-40-23-16-25-45-54(40)61(50-26-15-14-24-44(50)58(45,37-18-8-6-9-19-37)38-20-10-7-11-21-38)59-52(43)49(32-36)60-48-28-27-41-42-33-46-47(34-51(42)62-55(41)53(48)59)57(4,5)30-29-56(46,2)3/h6-28,31-34,60H,29-30H2,1-5H3. The van der Waals surface area contributed by atoms with Crippen molar-refractivity contribution in [1.29, 1.82) is 0 Å². The lowest BCUT2D eigenvalue weighted by Crippen LogP contribution is -2.62. The second-order valence-electron chi connectivity index (χ2n) is 19.6. The highest BCUT2D eigenvalue weighted by atomic mass is 32.1. The normalized spacial score (nSPS) is 16.8. The number of hydrogen-bond acceptors (Lipinski definition) is 3. The van der Waals surface area contributed by atoms with Crippen LogP contribution in [-0.4, -0.2) is 6.85 Å². The second kappa shape index (κ2) is 12.6. The molecular formula is C58H47BN2S. The van der Waals surface area contributed by atoms with Crippen molar-refractivity contribution in [3.05, 3.63) is 203 Å². The van der Waals surface area contributed by atoms with Gasteiger partial charge in [0, 0.05) is 48.5 Å². The summed E-state index contributed by atoms with van der Waals surface area (Å²) < 4.78 is 2.77. The zero-order valence-electron chi connectivity index (χ0n) is 35.9. The van der Waals surface area contributed by atoms with E-state index in [1.54, 1.807) is 0 Å². The van der Waals surface area contributed by atoms with Gasteiger partial charge in [0.25, 0.3) is 0 Å². The summed E-state index contributed by atoms with van der Waals surface area (Å²) in [6, 6.07) is 62.6. The van der Waals surface area contributed by atoms with Crippen molar-refractivity contribution in [2.75, 3.05) is 10.1 Å². The molecule has 0 amide bonds. The van der Waals surface area contributed by atoms with E-state index in [1.165, 1.54) is 128 Å². The van der Waals surface area contributed by atoms with Crippen molar-refractivity contribution >= 4 is 72.0 Å². The van der Waals surface area contributed by atoms with E-state index < -0.39 is 5.41 Å². The van der Waals surface area contributed by atoms with E-state index in [4.69, 9.17) is 0 Å². The summed E-state index contributed by atoms with van der Waals surface area (Å²) in [6.07, 6.45) is 2.41. The largest absolute Gasteiger partial charge is 0.376 e. The number of rotatable bonds is 3. The van der Waals surface area contributed by atoms with E-state index in [0.29, 0.717) is 0 Å². The molecule has 8 aromatic carbocycles. The van der Waals surface area contributed by atoms with Crippen LogP contribution in [-0.2, 0) is 16.2 Å². The quantitative estimate of drug-likeness (QED) is 0.179. The summed E-state index contributed by atoms with van der Waals surface area (Å²) in [5.74, 6) is 0. The van der Waals surface area contributed by atoms with Gasteiger partial charge in [-0.2, -0.15) is 0 Å². The molecule has 0 saturated carbocycles. The molecule has 0 unspecified atom stereocenters. The lowest BCUT2D eigenvalue weighted by atomic mass is 9.42. The average Bonchev–Trinajstić information content (AvgIpc) is 3.67. The van der Waals surface area contributed by atoms with Gasteiger partial charge in [0.15, 0.2) is 0 Å². The molecule has 0 bridgehead atoms. The molecule has 2 nitrogen and oxygen atoms in total. The highest BCUT2D eigenvalue weighted by molar-refractivity contribution is 7.27. The molecule has 0 saturated heterocycles. The van der Waals surface area contributed by atoms with Crippen LogP contribution in [0.1, 0.15) is 79.5 Å². The van der Waals surface area contributed by atoms with Crippen molar-refractivity contribution < 1.29 is 0 Å². The lowest BCUT2D eigenvalue weighted by Gasteiger charge is -2.52. The molecule has 4 heterocycles. The van der Waals surface area contributed by atoms with Gasteiger partial charge in [-0.05, 0) is 134 Å². The van der Waals surface area contributed by atoms with Crippen molar-refractivity contribution in [2.45, 2.75) is 63.7 Å². The molecule has 298 valence electrons. The third-order valence-electron chi connectivity index (χ3n) is 15.3. The summed E-state index contributed by atoms with van der Waals surface area (Å²) in [4.78, 5) is 2.75. The van der Waals surface area contributed by atoms with E-state index >= 15 is 0 Å². The van der Waals surface area contributed by atoms with Crippen LogP contribution in [0.25, 0.3) is 42.4 Å². The van der Waals surface area contributed by atoms with Gasteiger partial charge in [-0.25, -0.2) is 0 Å². The van der Waals surface area contributed by atoms with Gasteiger partial charge in [0.1, 0.15) is 0 Å². The van der Waals surface area contributed by atoms with Crippen LogP contribution in [0, 0.1) is 6.92 Å². The number of para-hydroxylation sites is 2. The molecule has 1 aliphatic carbocycles. The average molecular weight is 815 g/mol. The molecular weight excluding hydrogens is 768 g/mol.